The van der Waals surface area contributed by atoms with E-state index in [-0.39, 0.29) is 0 Å². The van der Waals surface area contributed by atoms with E-state index in [2.05, 4.69) is 13.0 Å². The molecule has 0 amide bonds. The van der Waals surface area contributed by atoms with Crippen LogP contribution in [0.1, 0.15) is 65.2 Å². The van der Waals surface area contributed by atoms with Gasteiger partial charge in [-0.25, -0.2) is 0 Å². The molecule has 2 nitrogen and oxygen atoms in total. The van der Waals surface area contributed by atoms with Crippen LogP contribution in [0.15, 0.2) is 0 Å². The van der Waals surface area contributed by atoms with Crippen molar-refractivity contribution in [2.75, 3.05) is 0 Å². The van der Waals surface area contributed by atoms with Crippen molar-refractivity contribution >= 4 is 0 Å². The van der Waals surface area contributed by atoms with Gasteiger partial charge in [0.15, 0.2) is 0 Å². The standard InChI is InChI=1S/C15H25NO/c1-3-12-7-9-14(11-16,10-8-12)15(17,4-2)13-5-6-13/h12-13,17H,3-10H2,1-2H3. The van der Waals surface area contributed by atoms with Crippen LogP contribution in [-0.4, -0.2) is 10.7 Å². The van der Waals surface area contributed by atoms with Gasteiger partial charge in [0.05, 0.1) is 17.1 Å². The monoisotopic (exact) mass is 235 g/mol. The number of rotatable bonds is 4. The second kappa shape index (κ2) is 4.61. The molecule has 1 N–H and O–H groups in total. The van der Waals surface area contributed by atoms with Crippen LogP contribution < -0.4 is 0 Å². The molecule has 0 aromatic heterocycles. The van der Waals surface area contributed by atoms with Gasteiger partial charge in [0.1, 0.15) is 0 Å². The fraction of sp³-hybridized carbons (Fsp3) is 0.933. The molecule has 17 heavy (non-hydrogen) atoms. The van der Waals surface area contributed by atoms with Crippen molar-refractivity contribution < 1.29 is 5.11 Å². The number of hydrogen-bond donors (Lipinski definition) is 1. The molecule has 2 aliphatic rings. The molecule has 0 aromatic carbocycles. The number of aliphatic hydroxyl groups is 1. The summed E-state index contributed by atoms with van der Waals surface area (Å²) in [5.41, 5.74) is -1.16. The van der Waals surface area contributed by atoms with E-state index < -0.39 is 11.0 Å². The van der Waals surface area contributed by atoms with E-state index in [1.807, 2.05) is 6.92 Å². The van der Waals surface area contributed by atoms with Crippen LogP contribution in [0.4, 0.5) is 0 Å². The quantitative estimate of drug-likeness (QED) is 0.808. The summed E-state index contributed by atoms with van der Waals surface area (Å²) in [5, 5.41) is 20.6. The highest BCUT2D eigenvalue weighted by Crippen LogP contribution is 2.56. The zero-order valence-corrected chi connectivity index (χ0v) is 11.2. The molecular weight excluding hydrogens is 210 g/mol. The molecule has 0 bridgehead atoms. The molecule has 96 valence electrons. The Morgan fingerprint density at radius 2 is 1.82 bits per heavy atom. The van der Waals surface area contributed by atoms with Crippen LogP contribution in [0.25, 0.3) is 0 Å². The van der Waals surface area contributed by atoms with Gasteiger partial charge in [0, 0.05) is 0 Å². The van der Waals surface area contributed by atoms with Gasteiger partial charge in [-0.3, -0.25) is 0 Å². The Morgan fingerprint density at radius 3 is 2.18 bits per heavy atom. The number of nitriles is 1. The summed E-state index contributed by atoms with van der Waals surface area (Å²) in [7, 11) is 0. The van der Waals surface area contributed by atoms with Crippen molar-refractivity contribution in [3.8, 4) is 6.07 Å². The highest BCUT2D eigenvalue weighted by Gasteiger charge is 2.57. The fourth-order valence-corrected chi connectivity index (χ4v) is 3.80. The zero-order chi connectivity index (χ0) is 12.5. The Kier molecular flexibility index (Phi) is 3.50. The lowest BCUT2D eigenvalue weighted by Gasteiger charge is -2.46. The minimum absolute atomic E-state index is 0.394. The molecule has 2 rings (SSSR count). The van der Waals surface area contributed by atoms with Crippen LogP contribution in [-0.2, 0) is 0 Å². The molecule has 1 unspecified atom stereocenters. The smallest absolute Gasteiger partial charge is 0.0863 e. The van der Waals surface area contributed by atoms with E-state index in [1.165, 1.54) is 6.42 Å². The maximum atomic E-state index is 11.0. The van der Waals surface area contributed by atoms with Crippen LogP contribution >= 0.6 is 0 Å². The summed E-state index contributed by atoms with van der Waals surface area (Å²) in [4.78, 5) is 0. The average molecular weight is 235 g/mol. The normalized spacial score (nSPS) is 37.2. The summed E-state index contributed by atoms with van der Waals surface area (Å²) < 4.78 is 0. The molecule has 2 saturated carbocycles. The molecule has 0 radical (unpaired) electrons. The zero-order valence-electron chi connectivity index (χ0n) is 11.2. The maximum Gasteiger partial charge on any atom is 0.0863 e. The SMILES string of the molecule is CCC1CCC(C#N)(C(O)(CC)C2CC2)CC1. The van der Waals surface area contributed by atoms with Gasteiger partial charge in [-0.1, -0.05) is 20.3 Å². The molecule has 0 spiro atoms. The van der Waals surface area contributed by atoms with Gasteiger partial charge in [0.2, 0.25) is 0 Å². The Morgan fingerprint density at radius 1 is 1.24 bits per heavy atom. The van der Waals surface area contributed by atoms with E-state index in [0.29, 0.717) is 5.92 Å². The first-order valence-electron chi connectivity index (χ1n) is 7.25. The first kappa shape index (κ1) is 12.9. The minimum Gasteiger partial charge on any atom is -0.388 e. The first-order chi connectivity index (χ1) is 8.12. The Bertz CT molecular complexity index is 307. The second-order valence-corrected chi connectivity index (χ2v) is 6.10. The molecule has 0 aromatic rings. The first-order valence-corrected chi connectivity index (χ1v) is 7.25. The lowest BCUT2D eigenvalue weighted by atomic mass is 9.59. The number of nitrogens with zero attached hydrogens (tertiary/aromatic N) is 1. The third-order valence-corrected chi connectivity index (χ3v) is 5.37. The van der Waals surface area contributed by atoms with E-state index >= 15 is 0 Å². The van der Waals surface area contributed by atoms with Crippen molar-refractivity contribution in [3.05, 3.63) is 0 Å². The van der Waals surface area contributed by atoms with Crippen molar-refractivity contribution in [1.29, 1.82) is 5.26 Å². The predicted octanol–water partition coefficient (Wildman–Crippen LogP) is 3.65. The van der Waals surface area contributed by atoms with E-state index in [4.69, 9.17) is 0 Å². The van der Waals surface area contributed by atoms with Gasteiger partial charge < -0.3 is 5.11 Å². The average Bonchev–Trinajstić information content (AvgIpc) is 3.22. The van der Waals surface area contributed by atoms with Crippen LogP contribution in [0.3, 0.4) is 0 Å². The Labute approximate surface area is 105 Å². The Balaban J connectivity index is 2.17. The molecule has 0 aliphatic heterocycles. The van der Waals surface area contributed by atoms with Crippen LogP contribution in [0, 0.1) is 28.6 Å². The highest BCUT2D eigenvalue weighted by atomic mass is 16.3. The molecule has 0 saturated heterocycles. The molecule has 2 heteroatoms. The largest absolute Gasteiger partial charge is 0.388 e. The Hall–Kier alpha value is -0.550. The molecule has 0 heterocycles. The minimum atomic E-state index is -0.708. The predicted molar refractivity (Wildman–Crippen MR) is 68.3 cm³/mol. The van der Waals surface area contributed by atoms with Gasteiger partial charge in [-0.15, -0.1) is 0 Å². The maximum absolute atomic E-state index is 11.0. The summed E-state index contributed by atoms with van der Waals surface area (Å²) in [6.07, 6.45) is 8.25. The molecule has 2 aliphatic carbocycles. The molecule has 1 atom stereocenters. The van der Waals surface area contributed by atoms with E-state index in [0.717, 1.165) is 50.9 Å². The molecular formula is C15H25NO. The van der Waals surface area contributed by atoms with Crippen molar-refractivity contribution in [1.82, 2.24) is 0 Å². The van der Waals surface area contributed by atoms with E-state index in [9.17, 15) is 10.4 Å². The van der Waals surface area contributed by atoms with Crippen LogP contribution in [0.2, 0.25) is 0 Å². The fourth-order valence-electron chi connectivity index (χ4n) is 3.80. The van der Waals surface area contributed by atoms with Crippen LogP contribution in [0.5, 0.6) is 0 Å². The van der Waals surface area contributed by atoms with E-state index in [1.54, 1.807) is 0 Å². The van der Waals surface area contributed by atoms with Gasteiger partial charge >= 0.3 is 0 Å². The van der Waals surface area contributed by atoms with Crippen molar-refractivity contribution in [2.45, 2.75) is 70.8 Å². The third-order valence-electron chi connectivity index (χ3n) is 5.37. The summed E-state index contributed by atoms with van der Waals surface area (Å²) in [5.74, 6) is 1.17. The lowest BCUT2D eigenvalue weighted by molar-refractivity contribution is -0.0979. The van der Waals surface area contributed by atoms with Gasteiger partial charge in [-0.2, -0.15) is 5.26 Å². The summed E-state index contributed by atoms with van der Waals surface area (Å²) in [6.45, 7) is 4.28. The highest BCUT2D eigenvalue weighted by molar-refractivity contribution is 5.16. The topological polar surface area (TPSA) is 44.0 Å². The summed E-state index contributed by atoms with van der Waals surface area (Å²) in [6, 6.07) is 2.52. The van der Waals surface area contributed by atoms with Gasteiger partial charge in [-0.05, 0) is 56.8 Å². The molecule has 2 fully saturated rings. The van der Waals surface area contributed by atoms with Crippen molar-refractivity contribution in [2.24, 2.45) is 17.3 Å². The third kappa shape index (κ3) is 1.99. The summed E-state index contributed by atoms with van der Waals surface area (Å²) >= 11 is 0. The van der Waals surface area contributed by atoms with Gasteiger partial charge in [0.25, 0.3) is 0 Å². The second-order valence-electron chi connectivity index (χ2n) is 6.10. The number of hydrogen-bond acceptors (Lipinski definition) is 2. The lowest BCUT2D eigenvalue weighted by Crippen LogP contribution is -2.50. The van der Waals surface area contributed by atoms with Crippen molar-refractivity contribution in [3.63, 3.8) is 0 Å².